The number of nitrogens with zero attached hydrogens (tertiary/aromatic N) is 1. The molecule has 0 unspecified atom stereocenters. The second kappa shape index (κ2) is 5.66. The highest BCUT2D eigenvalue weighted by molar-refractivity contribution is 7.86. The largest absolute Gasteiger partial charge is 0.748 e. The zero-order valence-electron chi connectivity index (χ0n) is 13.1. The van der Waals surface area contributed by atoms with Gasteiger partial charge in [-0.25, -0.2) is 16.8 Å². The lowest BCUT2D eigenvalue weighted by Gasteiger charge is -2.16. The fraction of sp³-hybridized carbons (Fsp3) is 0.500. The second-order valence-corrected chi connectivity index (χ2v) is 9.01. The van der Waals surface area contributed by atoms with Crippen molar-refractivity contribution in [3.8, 4) is 0 Å². The monoisotopic (exact) mass is 360 g/mol. The number of rotatable bonds is 5. The lowest BCUT2D eigenvalue weighted by Crippen LogP contribution is -2.27. The van der Waals surface area contributed by atoms with Crippen molar-refractivity contribution in [3.05, 3.63) is 23.8 Å². The molecule has 1 heterocycles. The van der Waals surface area contributed by atoms with E-state index < -0.39 is 31.4 Å². The van der Waals surface area contributed by atoms with Crippen LogP contribution in [0.1, 0.15) is 32.8 Å². The normalized spacial score (nSPS) is 17.4. The van der Waals surface area contributed by atoms with E-state index in [4.69, 9.17) is 0 Å². The van der Waals surface area contributed by atoms with Crippen LogP contribution in [-0.4, -0.2) is 48.5 Å². The molecule has 0 aromatic heterocycles. The zero-order valence-corrected chi connectivity index (χ0v) is 14.7. The SMILES string of the molecule is CC1=[N+](CCCS(=O)(=O)[O-])c2ccc(S(=O)(=O)[O-])cc2C1(C)C. The van der Waals surface area contributed by atoms with E-state index in [1.807, 2.05) is 25.3 Å². The summed E-state index contributed by atoms with van der Waals surface area (Å²) in [6.07, 6.45) is 0.167. The molecule has 128 valence electrons. The van der Waals surface area contributed by atoms with Crippen molar-refractivity contribution in [3.63, 3.8) is 0 Å². The Balaban J connectivity index is 2.42. The standard InChI is InChI=1S/C14H19NO6S2/c1-10-14(2,3)12-9-11(23(19,20)21)5-6-13(12)15(10)7-4-8-22(16,17)18/h5-6,9H,4,7-8H2,1-3H3,(H-,16,17,18,19,20,21)/p-1. The highest BCUT2D eigenvalue weighted by Crippen LogP contribution is 2.40. The van der Waals surface area contributed by atoms with Gasteiger partial charge in [0.1, 0.15) is 16.7 Å². The molecule has 0 saturated carbocycles. The first-order valence-electron chi connectivity index (χ1n) is 6.99. The number of hydrogen-bond donors (Lipinski definition) is 0. The van der Waals surface area contributed by atoms with Crippen LogP contribution in [0.15, 0.2) is 23.1 Å². The smallest absolute Gasteiger partial charge is 0.209 e. The molecular weight excluding hydrogens is 342 g/mol. The van der Waals surface area contributed by atoms with Gasteiger partial charge in [0.25, 0.3) is 0 Å². The summed E-state index contributed by atoms with van der Waals surface area (Å²) in [6.45, 7) is 5.98. The van der Waals surface area contributed by atoms with Crippen molar-refractivity contribution in [1.82, 2.24) is 0 Å². The van der Waals surface area contributed by atoms with Gasteiger partial charge in [0.15, 0.2) is 5.71 Å². The Morgan fingerprint density at radius 3 is 2.26 bits per heavy atom. The van der Waals surface area contributed by atoms with Gasteiger partial charge in [-0.3, -0.25) is 0 Å². The molecule has 0 fully saturated rings. The summed E-state index contributed by atoms with van der Waals surface area (Å²) in [5.74, 6) is -0.459. The number of benzene rings is 1. The zero-order chi connectivity index (χ0) is 17.6. The van der Waals surface area contributed by atoms with E-state index in [0.717, 1.165) is 11.4 Å². The Hall–Kier alpha value is -1.29. The molecule has 1 aromatic rings. The average molecular weight is 360 g/mol. The topological polar surface area (TPSA) is 117 Å². The number of fused-ring (bicyclic) bond motifs is 1. The van der Waals surface area contributed by atoms with E-state index >= 15 is 0 Å². The van der Waals surface area contributed by atoms with E-state index in [0.29, 0.717) is 12.1 Å². The van der Waals surface area contributed by atoms with Crippen LogP contribution in [-0.2, 0) is 25.7 Å². The van der Waals surface area contributed by atoms with Crippen molar-refractivity contribution in [2.75, 3.05) is 12.3 Å². The lowest BCUT2D eigenvalue weighted by atomic mass is 9.82. The molecule has 0 N–H and O–H groups in total. The van der Waals surface area contributed by atoms with Gasteiger partial charge in [0.05, 0.1) is 20.4 Å². The maximum atomic E-state index is 11.2. The van der Waals surface area contributed by atoms with Crippen molar-refractivity contribution in [1.29, 1.82) is 0 Å². The summed E-state index contributed by atoms with van der Waals surface area (Å²) in [7, 11) is -8.82. The van der Waals surface area contributed by atoms with Crippen LogP contribution in [0.3, 0.4) is 0 Å². The quantitative estimate of drug-likeness (QED) is 0.569. The summed E-state index contributed by atoms with van der Waals surface area (Å²) in [5.41, 5.74) is 1.82. The van der Waals surface area contributed by atoms with Crippen molar-refractivity contribution < 1.29 is 30.5 Å². The van der Waals surface area contributed by atoms with E-state index in [2.05, 4.69) is 0 Å². The summed E-state index contributed by atoms with van der Waals surface area (Å²) in [5, 5.41) is 0. The third-order valence-corrected chi connectivity index (χ3v) is 5.93. The van der Waals surface area contributed by atoms with Crippen LogP contribution < -0.4 is 0 Å². The molecule has 0 saturated heterocycles. The molecule has 9 heteroatoms. The van der Waals surface area contributed by atoms with Gasteiger partial charge in [-0.05, 0) is 26.0 Å². The third kappa shape index (κ3) is 3.63. The Labute approximate surface area is 136 Å². The maximum Gasteiger partial charge on any atom is 0.209 e. The van der Waals surface area contributed by atoms with Gasteiger partial charge < -0.3 is 9.11 Å². The molecule has 0 radical (unpaired) electrons. The fourth-order valence-electron chi connectivity index (χ4n) is 2.81. The van der Waals surface area contributed by atoms with E-state index in [1.54, 1.807) is 6.07 Å². The van der Waals surface area contributed by atoms with Gasteiger partial charge in [-0.1, -0.05) is 0 Å². The van der Waals surface area contributed by atoms with Crippen molar-refractivity contribution in [2.24, 2.45) is 0 Å². The van der Waals surface area contributed by atoms with Crippen LogP contribution in [0.4, 0.5) is 5.69 Å². The van der Waals surface area contributed by atoms with Gasteiger partial charge in [-0.15, -0.1) is 0 Å². The van der Waals surface area contributed by atoms with Crippen molar-refractivity contribution in [2.45, 2.75) is 37.5 Å². The van der Waals surface area contributed by atoms with Gasteiger partial charge >= 0.3 is 0 Å². The van der Waals surface area contributed by atoms with E-state index in [-0.39, 0.29) is 11.3 Å². The van der Waals surface area contributed by atoms with Crippen LogP contribution in [0, 0.1) is 0 Å². The Morgan fingerprint density at radius 2 is 1.74 bits per heavy atom. The molecule has 7 nitrogen and oxygen atoms in total. The molecule has 2 rings (SSSR count). The number of hydrogen-bond acceptors (Lipinski definition) is 6. The predicted molar refractivity (Wildman–Crippen MR) is 82.1 cm³/mol. The average Bonchev–Trinajstić information content (AvgIpc) is 2.57. The lowest BCUT2D eigenvalue weighted by molar-refractivity contribution is -0.438. The highest BCUT2D eigenvalue weighted by Gasteiger charge is 2.43. The minimum absolute atomic E-state index is 0.167. The highest BCUT2D eigenvalue weighted by atomic mass is 32.2. The Kier molecular flexibility index (Phi) is 4.44. The molecule has 0 amide bonds. The summed E-state index contributed by atoms with van der Waals surface area (Å²) < 4.78 is 67.7. The molecule has 1 aliphatic heterocycles. The van der Waals surface area contributed by atoms with Crippen LogP contribution in [0.2, 0.25) is 0 Å². The minimum Gasteiger partial charge on any atom is -0.748 e. The summed E-state index contributed by atoms with van der Waals surface area (Å²) in [6, 6.07) is 4.16. The van der Waals surface area contributed by atoms with E-state index in [1.165, 1.54) is 12.1 Å². The second-order valence-electron chi connectivity index (χ2n) is 6.11. The molecule has 0 aliphatic carbocycles. The molecule has 1 aromatic carbocycles. The molecular formula is C14H18NO6S2-. The molecule has 0 spiro atoms. The van der Waals surface area contributed by atoms with Crippen LogP contribution in [0.25, 0.3) is 0 Å². The van der Waals surface area contributed by atoms with Gasteiger partial charge in [0.2, 0.25) is 5.69 Å². The maximum absolute atomic E-state index is 11.2. The predicted octanol–water partition coefficient (Wildman–Crippen LogP) is 0.922. The molecule has 23 heavy (non-hydrogen) atoms. The Bertz CT molecular complexity index is 882. The molecule has 1 aliphatic rings. The van der Waals surface area contributed by atoms with E-state index in [9.17, 15) is 25.9 Å². The summed E-state index contributed by atoms with van der Waals surface area (Å²) >= 11 is 0. The van der Waals surface area contributed by atoms with Gasteiger partial charge in [-0.2, -0.15) is 4.58 Å². The molecule has 0 bridgehead atoms. The first kappa shape index (κ1) is 18.1. The first-order valence-corrected chi connectivity index (χ1v) is 9.98. The first-order chi connectivity index (χ1) is 10.3. The Morgan fingerprint density at radius 1 is 1.13 bits per heavy atom. The molecule has 0 atom stereocenters. The van der Waals surface area contributed by atoms with Crippen LogP contribution >= 0.6 is 0 Å². The summed E-state index contributed by atoms with van der Waals surface area (Å²) in [4.78, 5) is -0.291. The minimum atomic E-state index is -4.54. The van der Waals surface area contributed by atoms with Crippen LogP contribution in [0.5, 0.6) is 0 Å². The van der Waals surface area contributed by atoms with Gasteiger partial charge in [0, 0.05) is 30.7 Å². The third-order valence-electron chi connectivity index (χ3n) is 4.31. The fourth-order valence-corrected chi connectivity index (χ4v) is 3.79. The van der Waals surface area contributed by atoms with Crippen molar-refractivity contribution >= 4 is 31.6 Å².